The standard InChI is InChI=1S/C12H22/c1-3-4-5-8-12-9-6-7-11(2)10-12/h10,12H,3-9H2,1-2H3. The highest BCUT2D eigenvalue weighted by Crippen LogP contribution is 2.26. The summed E-state index contributed by atoms with van der Waals surface area (Å²) >= 11 is 0. The van der Waals surface area contributed by atoms with Crippen molar-refractivity contribution in [2.75, 3.05) is 0 Å². The van der Waals surface area contributed by atoms with Crippen LogP contribution in [0.2, 0.25) is 0 Å². The minimum atomic E-state index is 0.922. The number of hydrogen-bond donors (Lipinski definition) is 0. The maximum Gasteiger partial charge on any atom is -0.0231 e. The average molecular weight is 166 g/mol. The summed E-state index contributed by atoms with van der Waals surface area (Å²) in [6, 6.07) is 0. The summed E-state index contributed by atoms with van der Waals surface area (Å²) < 4.78 is 0. The molecule has 0 bridgehead atoms. The third kappa shape index (κ3) is 3.42. The molecule has 0 nitrogen and oxygen atoms in total. The van der Waals surface area contributed by atoms with Gasteiger partial charge in [-0.05, 0) is 38.5 Å². The molecule has 0 amide bonds. The summed E-state index contributed by atoms with van der Waals surface area (Å²) in [4.78, 5) is 0. The third-order valence-electron chi connectivity index (χ3n) is 2.84. The van der Waals surface area contributed by atoms with E-state index in [0.717, 1.165) is 5.92 Å². The van der Waals surface area contributed by atoms with E-state index >= 15 is 0 Å². The summed E-state index contributed by atoms with van der Waals surface area (Å²) in [6.45, 7) is 4.56. The molecule has 1 atom stereocenters. The second kappa shape index (κ2) is 5.40. The Kier molecular flexibility index (Phi) is 4.42. The lowest BCUT2D eigenvalue weighted by Crippen LogP contribution is -2.03. The van der Waals surface area contributed by atoms with Crippen molar-refractivity contribution in [1.82, 2.24) is 0 Å². The topological polar surface area (TPSA) is 0 Å². The van der Waals surface area contributed by atoms with Crippen molar-refractivity contribution in [2.45, 2.75) is 58.8 Å². The van der Waals surface area contributed by atoms with E-state index in [1.54, 1.807) is 5.57 Å². The van der Waals surface area contributed by atoms with Crippen molar-refractivity contribution in [3.8, 4) is 0 Å². The van der Waals surface area contributed by atoms with Crippen LogP contribution in [0.4, 0.5) is 0 Å². The molecule has 0 aromatic carbocycles. The Morgan fingerprint density at radius 2 is 2.25 bits per heavy atom. The molecule has 0 fully saturated rings. The van der Waals surface area contributed by atoms with Gasteiger partial charge in [0.2, 0.25) is 0 Å². The molecule has 0 heteroatoms. The zero-order valence-corrected chi connectivity index (χ0v) is 8.60. The van der Waals surface area contributed by atoms with Crippen molar-refractivity contribution >= 4 is 0 Å². The van der Waals surface area contributed by atoms with Crippen molar-refractivity contribution < 1.29 is 0 Å². The Labute approximate surface area is 77.1 Å². The first-order valence-electron chi connectivity index (χ1n) is 5.50. The lowest BCUT2D eigenvalue weighted by atomic mass is 9.88. The fourth-order valence-corrected chi connectivity index (χ4v) is 2.10. The predicted molar refractivity (Wildman–Crippen MR) is 55.2 cm³/mol. The van der Waals surface area contributed by atoms with E-state index in [4.69, 9.17) is 0 Å². The first-order valence-corrected chi connectivity index (χ1v) is 5.50. The minimum absolute atomic E-state index is 0.922. The van der Waals surface area contributed by atoms with Crippen LogP contribution in [0.3, 0.4) is 0 Å². The summed E-state index contributed by atoms with van der Waals surface area (Å²) in [5, 5.41) is 0. The van der Waals surface area contributed by atoms with Crippen LogP contribution in [0.15, 0.2) is 11.6 Å². The molecule has 12 heavy (non-hydrogen) atoms. The molecule has 1 unspecified atom stereocenters. The van der Waals surface area contributed by atoms with Crippen molar-refractivity contribution in [1.29, 1.82) is 0 Å². The molecule has 0 heterocycles. The van der Waals surface area contributed by atoms with Gasteiger partial charge in [0.1, 0.15) is 0 Å². The Hall–Kier alpha value is -0.260. The third-order valence-corrected chi connectivity index (χ3v) is 2.84. The number of allylic oxidation sites excluding steroid dienone is 2. The van der Waals surface area contributed by atoms with E-state index in [0.29, 0.717) is 0 Å². The highest BCUT2D eigenvalue weighted by Gasteiger charge is 2.10. The van der Waals surface area contributed by atoms with Gasteiger partial charge in [-0.3, -0.25) is 0 Å². The fourth-order valence-electron chi connectivity index (χ4n) is 2.10. The molecule has 0 spiro atoms. The van der Waals surface area contributed by atoms with Gasteiger partial charge in [0.05, 0.1) is 0 Å². The zero-order valence-electron chi connectivity index (χ0n) is 8.60. The largest absolute Gasteiger partial charge is 0.0825 e. The molecule has 1 aliphatic rings. The van der Waals surface area contributed by atoms with Gasteiger partial charge in [0.15, 0.2) is 0 Å². The van der Waals surface area contributed by atoms with E-state index in [1.807, 2.05) is 0 Å². The van der Waals surface area contributed by atoms with Crippen LogP contribution >= 0.6 is 0 Å². The highest BCUT2D eigenvalue weighted by molar-refractivity contribution is 5.04. The zero-order chi connectivity index (χ0) is 8.81. The normalized spacial score (nSPS) is 23.8. The van der Waals surface area contributed by atoms with Gasteiger partial charge in [-0.25, -0.2) is 0 Å². The van der Waals surface area contributed by atoms with Gasteiger partial charge in [-0.15, -0.1) is 0 Å². The molecule has 0 saturated carbocycles. The molecule has 0 aromatic heterocycles. The van der Waals surface area contributed by atoms with Gasteiger partial charge in [-0.1, -0.05) is 37.8 Å². The molecule has 0 saturated heterocycles. The van der Waals surface area contributed by atoms with E-state index < -0.39 is 0 Å². The van der Waals surface area contributed by atoms with Crippen molar-refractivity contribution in [3.05, 3.63) is 11.6 Å². The number of rotatable bonds is 4. The van der Waals surface area contributed by atoms with E-state index in [9.17, 15) is 0 Å². The Balaban J connectivity index is 2.18. The van der Waals surface area contributed by atoms with Gasteiger partial charge >= 0.3 is 0 Å². The average Bonchev–Trinajstić information content (AvgIpc) is 2.05. The van der Waals surface area contributed by atoms with Crippen molar-refractivity contribution in [3.63, 3.8) is 0 Å². The first-order chi connectivity index (χ1) is 5.83. The molecular formula is C12H22. The summed E-state index contributed by atoms with van der Waals surface area (Å²) in [5.74, 6) is 0.922. The lowest BCUT2D eigenvalue weighted by molar-refractivity contribution is 0.470. The maximum absolute atomic E-state index is 2.51. The molecular weight excluding hydrogens is 144 g/mol. The van der Waals surface area contributed by atoms with Crippen molar-refractivity contribution in [2.24, 2.45) is 5.92 Å². The van der Waals surface area contributed by atoms with E-state index in [-0.39, 0.29) is 0 Å². The Bertz CT molecular complexity index is 144. The van der Waals surface area contributed by atoms with Crippen LogP contribution < -0.4 is 0 Å². The Morgan fingerprint density at radius 3 is 2.92 bits per heavy atom. The molecule has 70 valence electrons. The van der Waals surface area contributed by atoms with Crippen LogP contribution in [0, 0.1) is 5.92 Å². The second-order valence-corrected chi connectivity index (χ2v) is 4.16. The molecule has 0 aliphatic heterocycles. The quantitative estimate of drug-likeness (QED) is 0.431. The lowest BCUT2D eigenvalue weighted by Gasteiger charge is -2.18. The summed E-state index contributed by atoms with van der Waals surface area (Å²) in [6.07, 6.45) is 12.4. The Morgan fingerprint density at radius 1 is 1.42 bits per heavy atom. The van der Waals surface area contributed by atoms with E-state index in [1.165, 1.54) is 44.9 Å². The van der Waals surface area contributed by atoms with Crippen LogP contribution in [-0.4, -0.2) is 0 Å². The van der Waals surface area contributed by atoms with Crippen LogP contribution in [-0.2, 0) is 0 Å². The smallest absolute Gasteiger partial charge is 0.0231 e. The van der Waals surface area contributed by atoms with Gasteiger partial charge < -0.3 is 0 Å². The van der Waals surface area contributed by atoms with Gasteiger partial charge in [-0.2, -0.15) is 0 Å². The highest BCUT2D eigenvalue weighted by atomic mass is 14.2. The minimum Gasteiger partial charge on any atom is -0.0825 e. The molecule has 0 N–H and O–H groups in total. The molecule has 1 aliphatic carbocycles. The van der Waals surface area contributed by atoms with Gasteiger partial charge in [0.25, 0.3) is 0 Å². The molecule has 0 aromatic rings. The number of unbranched alkanes of at least 4 members (excludes halogenated alkanes) is 2. The number of hydrogen-bond acceptors (Lipinski definition) is 0. The fraction of sp³-hybridized carbons (Fsp3) is 0.833. The predicted octanol–water partition coefficient (Wildman–Crippen LogP) is 4.31. The van der Waals surface area contributed by atoms with E-state index in [2.05, 4.69) is 19.9 Å². The van der Waals surface area contributed by atoms with Crippen LogP contribution in [0.25, 0.3) is 0 Å². The monoisotopic (exact) mass is 166 g/mol. The first kappa shape index (κ1) is 9.83. The SMILES string of the molecule is CCCCCC1C=C(C)CCC1. The summed E-state index contributed by atoms with van der Waals surface area (Å²) in [7, 11) is 0. The maximum atomic E-state index is 2.51. The molecule has 0 radical (unpaired) electrons. The second-order valence-electron chi connectivity index (χ2n) is 4.16. The van der Waals surface area contributed by atoms with Crippen LogP contribution in [0.1, 0.15) is 58.8 Å². The van der Waals surface area contributed by atoms with Crippen LogP contribution in [0.5, 0.6) is 0 Å². The summed E-state index contributed by atoms with van der Waals surface area (Å²) in [5.41, 5.74) is 1.63. The molecule has 1 rings (SSSR count). The van der Waals surface area contributed by atoms with Gasteiger partial charge in [0, 0.05) is 0 Å².